The molecule has 2 aromatic rings. The molecule has 11 atom stereocenters. The van der Waals surface area contributed by atoms with Crippen molar-refractivity contribution >= 4 is 29.8 Å². The van der Waals surface area contributed by atoms with Crippen molar-refractivity contribution in [1.82, 2.24) is 5.32 Å². The highest BCUT2D eigenvalue weighted by molar-refractivity contribution is 5.94. The summed E-state index contributed by atoms with van der Waals surface area (Å²) in [6.07, 6.45) is -11.5. The number of alkyl carbamates (subject to hydrolysis) is 1. The van der Waals surface area contributed by atoms with Gasteiger partial charge in [-0.15, -0.1) is 0 Å². The van der Waals surface area contributed by atoms with Crippen molar-refractivity contribution < 1.29 is 68.1 Å². The van der Waals surface area contributed by atoms with Crippen molar-refractivity contribution in [3.05, 3.63) is 82.9 Å². The van der Waals surface area contributed by atoms with Crippen molar-refractivity contribution in [3.8, 4) is 0 Å². The Bertz CT molecular complexity index is 1980. The Hall–Kier alpha value is -4.67. The first kappa shape index (κ1) is 42.9. The van der Waals surface area contributed by atoms with Gasteiger partial charge >= 0.3 is 24.0 Å². The topological polar surface area (TPSA) is 224 Å². The molecular formula is C43H53NO14. The fraction of sp³-hybridized carbons (Fsp3) is 0.558. The lowest BCUT2D eigenvalue weighted by molar-refractivity contribution is -0.346. The number of rotatable bonds is 8. The van der Waals surface area contributed by atoms with Gasteiger partial charge < -0.3 is 49.4 Å². The molecule has 1 unspecified atom stereocenters. The van der Waals surface area contributed by atoms with E-state index in [2.05, 4.69) is 5.32 Å². The van der Waals surface area contributed by atoms with Gasteiger partial charge in [-0.25, -0.2) is 14.4 Å². The van der Waals surface area contributed by atoms with Gasteiger partial charge in [0.1, 0.15) is 35.6 Å². The number of esters is 3. The Morgan fingerprint density at radius 1 is 0.948 bits per heavy atom. The quantitative estimate of drug-likeness (QED) is 0.147. The molecule has 1 saturated heterocycles. The van der Waals surface area contributed by atoms with Crippen molar-refractivity contribution in [2.45, 2.75) is 128 Å². The number of benzene rings is 2. The first-order chi connectivity index (χ1) is 27.0. The highest BCUT2D eigenvalue weighted by Crippen LogP contribution is 2.64. The van der Waals surface area contributed by atoms with Crippen molar-refractivity contribution in [2.75, 3.05) is 6.61 Å². The Balaban J connectivity index is 1.49. The summed E-state index contributed by atoms with van der Waals surface area (Å²) in [4.78, 5) is 68.9. The van der Waals surface area contributed by atoms with Gasteiger partial charge in [0.25, 0.3) is 0 Å². The number of carbonyl (C=O) groups is 5. The standard InChI is InChI=1S/C43H53NO14/c1-22-26(55-37(51)32(48)30(24-15-11-9-12-16-24)44-38(52)58-39(3,4)5)20-43(53)35(56-36(50)25-17-13-10-14-18-25)33-41(8,34(49)31(47)29(22)40(43,6)7)27(46)19-28-42(33,21-54-28)57-23(2)45/h9-18,26-28,30-33,35,46-48,53H,19-21H2,1-8H3,(H,44,52)/t26-,27-,28-,30-,31+,32+,33?,35-,41-,42-,43+/m0/s1. The first-order valence-electron chi connectivity index (χ1n) is 19.3. The number of nitrogens with one attached hydrogen (secondary N) is 1. The molecule has 5 N–H and O–H groups in total. The zero-order valence-electron chi connectivity index (χ0n) is 33.9. The van der Waals surface area contributed by atoms with Crippen LogP contribution in [-0.2, 0) is 38.1 Å². The maximum Gasteiger partial charge on any atom is 0.408 e. The fourth-order valence-corrected chi connectivity index (χ4v) is 9.56. The molecule has 1 heterocycles. The van der Waals surface area contributed by atoms with Gasteiger partial charge in [0.15, 0.2) is 17.5 Å². The van der Waals surface area contributed by atoms with Crippen LogP contribution >= 0.6 is 0 Å². The van der Waals surface area contributed by atoms with Gasteiger partial charge in [-0.05, 0) is 63.5 Å². The Morgan fingerprint density at radius 3 is 2.10 bits per heavy atom. The largest absolute Gasteiger partial charge is 0.456 e. The minimum Gasteiger partial charge on any atom is -0.456 e. The molecular weight excluding hydrogens is 754 g/mol. The van der Waals surface area contributed by atoms with Crippen LogP contribution in [-0.4, -0.2) is 110 Å². The van der Waals surface area contributed by atoms with E-state index in [1.807, 2.05) is 0 Å². The van der Waals surface area contributed by atoms with Crippen molar-refractivity contribution in [2.24, 2.45) is 16.7 Å². The highest BCUT2D eigenvalue weighted by atomic mass is 16.6. The molecule has 0 spiro atoms. The molecule has 0 radical (unpaired) electrons. The number of hydrogen-bond acceptors (Lipinski definition) is 14. The summed E-state index contributed by atoms with van der Waals surface area (Å²) in [5.41, 5.74) is -8.14. The van der Waals surface area contributed by atoms with Gasteiger partial charge in [0.2, 0.25) is 0 Å². The van der Waals surface area contributed by atoms with Gasteiger partial charge in [0, 0.05) is 25.2 Å². The van der Waals surface area contributed by atoms with E-state index in [9.17, 15) is 44.4 Å². The maximum absolute atomic E-state index is 14.9. The molecule has 0 aromatic heterocycles. The zero-order valence-corrected chi connectivity index (χ0v) is 33.9. The molecule has 4 aliphatic rings. The van der Waals surface area contributed by atoms with E-state index in [-0.39, 0.29) is 29.7 Å². The average molecular weight is 808 g/mol. The molecule has 58 heavy (non-hydrogen) atoms. The van der Waals surface area contributed by atoms with Crippen LogP contribution in [0.3, 0.4) is 0 Å². The molecule has 3 aliphatic carbocycles. The molecule has 314 valence electrons. The monoisotopic (exact) mass is 807 g/mol. The number of ether oxygens (including phenoxy) is 5. The number of Topliss-reactive ketones (excluding diaryl/α,β-unsaturated/α-hetero) is 1. The number of carbonyl (C=O) groups excluding carboxylic acids is 5. The third-order valence-electron chi connectivity index (χ3n) is 12.6. The average Bonchev–Trinajstić information content (AvgIpc) is 3.14. The maximum atomic E-state index is 14.9. The molecule has 3 fully saturated rings. The van der Waals surface area contributed by atoms with Crippen LogP contribution in [0.4, 0.5) is 4.79 Å². The van der Waals surface area contributed by atoms with Crippen LogP contribution in [0.25, 0.3) is 0 Å². The lowest BCUT2D eigenvalue weighted by atomic mass is 9.44. The van der Waals surface area contributed by atoms with E-state index >= 15 is 0 Å². The van der Waals surface area contributed by atoms with Gasteiger partial charge in [-0.1, -0.05) is 62.4 Å². The van der Waals surface area contributed by atoms with Crippen LogP contribution in [0.15, 0.2) is 71.8 Å². The predicted molar refractivity (Wildman–Crippen MR) is 204 cm³/mol. The second-order valence-electron chi connectivity index (χ2n) is 17.6. The number of hydrogen-bond donors (Lipinski definition) is 5. The van der Waals surface area contributed by atoms with Crippen LogP contribution in [0, 0.1) is 16.7 Å². The van der Waals surface area contributed by atoms with Crippen LogP contribution in [0.1, 0.15) is 90.2 Å². The summed E-state index contributed by atoms with van der Waals surface area (Å²) >= 11 is 0. The zero-order chi connectivity index (χ0) is 42.7. The Labute approximate surface area is 336 Å². The number of aliphatic hydroxyl groups is 4. The number of amides is 1. The van der Waals surface area contributed by atoms with E-state index in [4.69, 9.17) is 23.7 Å². The second-order valence-corrected chi connectivity index (χ2v) is 17.6. The van der Waals surface area contributed by atoms with Crippen molar-refractivity contribution in [1.29, 1.82) is 0 Å². The third kappa shape index (κ3) is 7.10. The molecule has 2 saturated carbocycles. The summed E-state index contributed by atoms with van der Waals surface area (Å²) in [5.74, 6) is -5.36. The number of aliphatic hydroxyl groups excluding tert-OH is 3. The van der Waals surface area contributed by atoms with Gasteiger partial charge in [-0.2, -0.15) is 0 Å². The molecule has 2 aromatic carbocycles. The number of ketones is 1. The summed E-state index contributed by atoms with van der Waals surface area (Å²) in [5, 5.41) is 51.6. The SMILES string of the molecule is CC(=O)O[C@@]12CO[C@H]1C[C@H](O)[C@]1(C)C(=O)[C@H](O)C3=C(C)[C@@H](OC(=O)[C@H](O)[C@@H](NC(=O)OC(C)(C)C)c4ccccc4)C[C@@](O)([C@@H](OC(=O)c4ccccc4)C21)C3(C)C. The molecule has 2 bridgehead atoms. The first-order valence-corrected chi connectivity index (χ1v) is 19.3. The lowest BCUT2D eigenvalue weighted by Crippen LogP contribution is -2.81. The summed E-state index contributed by atoms with van der Waals surface area (Å²) in [6, 6.07) is 14.6. The minimum absolute atomic E-state index is 0.0637. The summed E-state index contributed by atoms with van der Waals surface area (Å²) in [6.45, 7) is 11.8. The Morgan fingerprint density at radius 2 is 1.55 bits per heavy atom. The molecule has 1 aliphatic heterocycles. The molecule has 6 rings (SSSR count). The van der Waals surface area contributed by atoms with Crippen molar-refractivity contribution in [3.63, 3.8) is 0 Å². The van der Waals surface area contributed by atoms with E-state index in [1.165, 1.54) is 26.0 Å². The summed E-state index contributed by atoms with van der Waals surface area (Å²) < 4.78 is 29.5. The van der Waals surface area contributed by atoms with E-state index in [0.29, 0.717) is 5.56 Å². The molecule has 15 heteroatoms. The third-order valence-corrected chi connectivity index (χ3v) is 12.6. The number of fused-ring (bicyclic) bond motifs is 5. The van der Waals surface area contributed by atoms with E-state index in [1.54, 1.807) is 83.1 Å². The van der Waals surface area contributed by atoms with Crippen LogP contribution in [0.5, 0.6) is 0 Å². The van der Waals surface area contributed by atoms with Crippen LogP contribution < -0.4 is 5.32 Å². The Kier molecular flexibility index (Phi) is 11.2. The smallest absolute Gasteiger partial charge is 0.408 e. The summed E-state index contributed by atoms with van der Waals surface area (Å²) in [7, 11) is 0. The lowest BCUT2D eigenvalue weighted by Gasteiger charge is -2.67. The second kappa shape index (κ2) is 15.2. The molecule has 15 nitrogen and oxygen atoms in total. The predicted octanol–water partition coefficient (Wildman–Crippen LogP) is 3.26. The highest BCUT2D eigenvalue weighted by Gasteiger charge is 2.78. The van der Waals surface area contributed by atoms with Gasteiger partial charge in [-0.3, -0.25) is 9.59 Å². The van der Waals surface area contributed by atoms with E-state index in [0.717, 1.165) is 6.92 Å². The van der Waals surface area contributed by atoms with Crippen LogP contribution in [0.2, 0.25) is 0 Å². The minimum atomic E-state index is -2.35. The fourth-order valence-electron chi connectivity index (χ4n) is 9.56. The van der Waals surface area contributed by atoms with Gasteiger partial charge in [0.05, 0.1) is 35.6 Å². The molecule has 1 amide bonds. The van der Waals surface area contributed by atoms with E-state index < -0.39 is 112 Å². The normalized spacial score (nSPS) is 33.7.